The molecule has 1 aromatic carbocycles. The molecule has 0 aliphatic heterocycles. The molecule has 0 atom stereocenters. The minimum absolute atomic E-state index is 0.262. The summed E-state index contributed by atoms with van der Waals surface area (Å²) in [5.41, 5.74) is 5.84. The molecular weight excluding hydrogens is 173 g/mol. The molecule has 0 fully saturated rings. The quantitative estimate of drug-likeness (QED) is 0.443. The van der Waals surface area contributed by atoms with Gasteiger partial charge >= 0.3 is 0 Å². The van der Waals surface area contributed by atoms with Crippen molar-refractivity contribution in [2.75, 3.05) is 11.5 Å². The van der Waals surface area contributed by atoms with Crippen molar-refractivity contribution in [1.82, 2.24) is 0 Å². The van der Waals surface area contributed by atoms with Gasteiger partial charge in [-0.3, -0.25) is 0 Å². The third-order valence-corrected chi connectivity index (χ3v) is 2.36. The number of anilines is 1. The number of hydrogen-bond donors (Lipinski definition) is 1. The summed E-state index contributed by atoms with van der Waals surface area (Å²) in [7, 11) is 0. The standard InChI is InChI=1S/C9H10FNS/c1-2-5-12-9-4-3-7(11)6-8(9)10/h2-4,6H,1,5,11H2. The molecule has 0 saturated carbocycles. The van der Waals surface area contributed by atoms with E-state index in [-0.39, 0.29) is 5.82 Å². The van der Waals surface area contributed by atoms with Gasteiger partial charge in [0.25, 0.3) is 0 Å². The fourth-order valence-electron chi connectivity index (χ4n) is 0.783. The zero-order valence-corrected chi connectivity index (χ0v) is 7.40. The third kappa shape index (κ3) is 2.27. The van der Waals surface area contributed by atoms with Crippen molar-refractivity contribution in [3.8, 4) is 0 Å². The molecule has 0 spiro atoms. The van der Waals surface area contributed by atoms with Gasteiger partial charge in [-0.15, -0.1) is 18.3 Å². The maximum atomic E-state index is 13.0. The first-order chi connectivity index (χ1) is 5.74. The molecule has 0 bridgehead atoms. The predicted molar refractivity (Wildman–Crippen MR) is 51.7 cm³/mol. The molecule has 0 aromatic heterocycles. The lowest BCUT2D eigenvalue weighted by Gasteiger charge is -2.00. The SMILES string of the molecule is C=CCSc1ccc(N)cc1F. The van der Waals surface area contributed by atoms with Crippen molar-refractivity contribution >= 4 is 17.4 Å². The highest BCUT2D eigenvalue weighted by molar-refractivity contribution is 7.99. The molecule has 0 radical (unpaired) electrons. The Kier molecular flexibility index (Phi) is 3.17. The van der Waals surface area contributed by atoms with E-state index in [4.69, 9.17) is 5.73 Å². The summed E-state index contributed by atoms with van der Waals surface area (Å²) in [6, 6.07) is 4.69. The van der Waals surface area contributed by atoms with Crippen molar-refractivity contribution in [3.05, 3.63) is 36.7 Å². The highest BCUT2D eigenvalue weighted by atomic mass is 32.2. The van der Waals surface area contributed by atoms with Gasteiger partial charge in [0, 0.05) is 16.3 Å². The first-order valence-electron chi connectivity index (χ1n) is 3.52. The summed E-state index contributed by atoms with van der Waals surface area (Å²) in [5, 5.41) is 0. The molecule has 3 heteroatoms. The Morgan fingerprint density at radius 3 is 2.92 bits per heavy atom. The zero-order valence-electron chi connectivity index (χ0n) is 6.59. The highest BCUT2D eigenvalue weighted by Gasteiger charge is 2.00. The van der Waals surface area contributed by atoms with Gasteiger partial charge in [-0.05, 0) is 18.2 Å². The van der Waals surface area contributed by atoms with E-state index in [9.17, 15) is 4.39 Å². The second kappa shape index (κ2) is 4.16. The van der Waals surface area contributed by atoms with E-state index in [0.717, 1.165) is 0 Å². The number of rotatable bonds is 3. The average molecular weight is 183 g/mol. The second-order valence-corrected chi connectivity index (χ2v) is 3.35. The van der Waals surface area contributed by atoms with E-state index in [1.54, 1.807) is 18.2 Å². The van der Waals surface area contributed by atoms with Gasteiger partial charge in [0.15, 0.2) is 0 Å². The summed E-state index contributed by atoms with van der Waals surface area (Å²) in [6.07, 6.45) is 1.74. The van der Waals surface area contributed by atoms with Crippen molar-refractivity contribution in [2.24, 2.45) is 0 Å². The minimum atomic E-state index is -0.262. The Morgan fingerprint density at radius 1 is 1.58 bits per heavy atom. The van der Waals surface area contributed by atoms with Crippen LogP contribution in [-0.4, -0.2) is 5.75 Å². The third-order valence-electron chi connectivity index (χ3n) is 1.31. The molecule has 1 rings (SSSR count). The van der Waals surface area contributed by atoms with Crippen molar-refractivity contribution in [1.29, 1.82) is 0 Å². The van der Waals surface area contributed by atoms with Crippen LogP contribution < -0.4 is 5.73 Å². The van der Waals surface area contributed by atoms with Gasteiger partial charge in [0.2, 0.25) is 0 Å². The van der Waals surface area contributed by atoms with Crippen LogP contribution in [0.15, 0.2) is 35.7 Å². The number of benzene rings is 1. The average Bonchev–Trinajstić information content (AvgIpc) is 2.03. The monoisotopic (exact) mass is 183 g/mol. The Morgan fingerprint density at radius 2 is 2.33 bits per heavy atom. The molecule has 12 heavy (non-hydrogen) atoms. The van der Waals surface area contributed by atoms with Crippen molar-refractivity contribution in [2.45, 2.75) is 4.90 Å². The van der Waals surface area contributed by atoms with Crippen LogP contribution >= 0.6 is 11.8 Å². The van der Waals surface area contributed by atoms with Gasteiger partial charge in [0.05, 0.1) is 0 Å². The number of nitrogens with two attached hydrogens (primary N) is 1. The number of halogens is 1. The molecular formula is C9H10FNS. The number of nitrogen functional groups attached to an aromatic ring is 1. The summed E-state index contributed by atoms with van der Waals surface area (Å²) < 4.78 is 13.0. The van der Waals surface area contributed by atoms with E-state index in [2.05, 4.69) is 6.58 Å². The number of thioether (sulfide) groups is 1. The van der Waals surface area contributed by atoms with Crippen LogP contribution in [-0.2, 0) is 0 Å². The largest absolute Gasteiger partial charge is 0.399 e. The molecule has 2 N–H and O–H groups in total. The second-order valence-electron chi connectivity index (χ2n) is 2.29. The Hall–Kier alpha value is -0.960. The van der Waals surface area contributed by atoms with Gasteiger partial charge in [-0.1, -0.05) is 6.08 Å². The summed E-state index contributed by atoms with van der Waals surface area (Å²) in [6.45, 7) is 3.55. The van der Waals surface area contributed by atoms with Crippen LogP contribution in [0, 0.1) is 5.82 Å². The zero-order chi connectivity index (χ0) is 8.97. The molecule has 1 aromatic rings. The topological polar surface area (TPSA) is 26.0 Å². The molecule has 0 unspecified atom stereocenters. The van der Waals surface area contributed by atoms with Gasteiger partial charge in [0.1, 0.15) is 5.82 Å². The van der Waals surface area contributed by atoms with Crippen LogP contribution in [0.2, 0.25) is 0 Å². The van der Waals surface area contributed by atoms with E-state index >= 15 is 0 Å². The Bertz CT molecular complexity index is 286. The molecule has 64 valence electrons. The summed E-state index contributed by atoms with van der Waals surface area (Å²) in [4.78, 5) is 0.615. The molecule has 1 nitrogen and oxygen atoms in total. The van der Waals surface area contributed by atoms with E-state index in [0.29, 0.717) is 16.3 Å². The predicted octanol–water partition coefficient (Wildman–Crippen LogP) is 2.69. The lowest BCUT2D eigenvalue weighted by Crippen LogP contribution is -1.87. The van der Waals surface area contributed by atoms with Crippen molar-refractivity contribution in [3.63, 3.8) is 0 Å². The molecule has 0 aliphatic rings. The summed E-state index contributed by atoms with van der Waals surface area (Å²) >= 11 is 1.41. The maximum absolute atomic E-state index is 13.0. The van der Waals surface area contributed by atoms with Crippen LogP contribution in [0.3, 0.4) is 0 Å². The first kappa shape index (κ1) is 9.13. The summed E-state index contributed by atoms with van der Waals surface area (Å²) in [5.74, 6) is 0.447. The molecule has 0 amide bonds. The van der Waals surface area contributed by atoms with Gasteiger partial charge in [-0.2, -0.15) is 0 Å². The number of hydrogen-bond acceptors (Lipinski definition) is 2. The van der Waals surface area contributed by atoms with E-state index < -0.39 is 0 Å². The lowest BCUT2D eigenvalue weighted by molar-refractivity contribution is 0.603. The van der Waals surface area contributed by atoms with Crippen LogP contribution in [0.1, 0.15) is 0 Å². The lowest BCUT2D eigenvalue weighted by atomic mass is 10.3. The van der Waals surface area contributed by atoms with Gasteiger partial charge < -0.3 is 5.73 Å². The first-order valence-corrected chi connectivity index (χ1v) is 4.51. The minimum Gasteiger partial charge on any atom is -0.399 e. The Balaban J connectivity index is 2.78. The van der Waals surface area contributed by atoms with E-state index in [1.165, 1.54) is 17.8 Å². The van der Waals surface area contributed by atoms with Gasteiger partial charge in [-0.25, -0.2) is 4.39 Å². The normalized spacial score (nSPS) is 9.75. The highest BCUT2D eigenvalue weighted by Crippen LogP contribution is 2.23. The molecule has 0 heterocycles. The van der Waals surface area contributed by atoms with Crippen LogP contribution in [0.5, 0.6) is 0 Å². The fraction of sp³-hybridized carbons (Fsp3) is 0.111. The Labute approximate surface area is 75.5 Å². The molecule has 0 saturated heterocycles. The van der Waals surface area contributed by atoms with Crippen LogP contribution in [0.4, 0.5) is 10.1 Å². The van der Waals surface area contributed by atoms with E-state index in [1.807, 2.05) is 0 Å². The fourth-order valence-corrected chi connectivity index (χ4v) is 1.44. The van der Waals surface area contributed by atoms with Crippen molar-refractivity contribution < 1.29 is 4.39 Å². The van der Waals surface area contributed by atoms with Crippen LogP contribution in [0.25, 0.3) is 0 Å². The molecule has 0 aliphatic carbocycles. The smallest absolute Gasteiger partial charge is 0.138 e. The maximum Gasteiger partial charge on any atom is 0.138 e.